The van der Waals surface area contributed by atoms with Gasteiger partial charge in [0.15, 0.2) is 5.65 Å². The van der Waals surface area contributed by atoms with Crippen molar-refractivity contribution in [2.24, 2.45) is 5.92 Å². The van der Waals surface area contributed by atoms with Crippen molar-refractivity contribution in [1.29, 1.82) is 0 Å². The van der Waals surface area contributed by atoms with Gasteiger partial charge in [-0.2, -0.15) is 12.7 Å². The van der Waals surface area contributed by atoms with Crippen LogP contribution in [0.1, 0.15) is 35.7 Å². The molecule has 0 radical (unpaired) electrons. The third-order valence-electron chi connectivity index (χ3n) is 6.54. The number of aromatic amines is 2. The van der Waals surface area contributed by atoms with Gasteiger partial charge in [-0.15, -0.1) is 0 Å². The number of hydrogen-bond donors (Lipinski definition) is 3. The van der Waals surface area contributed by atoms with Gasteiger partial charge >= 0.3 is 15.9 Å². The number of halogens is 1. The first-order valence-electron chi connectivity index (χ1n) is 11.9. The number of aromatic nitrogens is 4. The van der Waals surface area contributed by atoms with Crippen LogP contribution in [0.2, 0.25) is 0 Å². The van der Waals surface area contributed by atoms with Gasteiger partial charge in [-0.1, -0.05) is 30.3 Å². The van der Waals surface area contributed by atoms with Crippen molar-refractivity contribution in [3.8, 4) is 0 Å². The lowest BCUT2D eigenvalue weighted by molar-refractivity contribution is 0.527. The third kappa shape index (κ3) is 5.20. The van der Waals surface area contributed by atoms with Gasteiger partial charge in [-0.25, -0.2) is 14.2 Å². The van der Waals surface area contributed by atoms with E-state index in [1.807, 2.05) is 0 Å². The van der Waals surface area contributed by atoms with Crippen LogP contribution in [0.5, 0.6) is 0 Å². The average molecular weight is 527 g/mol. The second kappa shape index (κ2) is 9.60. The summed E-state index contributed by atoms with van der Waals surface area (Å²) in [6.07, 6.45) is 2.26. The quantitative estimate of drug-likeness (QED) is 0.308. The van der Waals surface area contributed by atoms with Crippen molar-refractivity contribution in [1.82, 2.24) is 23.8 Å². The molecule has 4 aromatic rings. The van der Waals surface area contributed by atoms with Gasteiger partial charge in [0.05, 0.1) is 0 Å². The maximum atomic E-state index is 14.6. The molecule has 1 atom stereocenters. The second-order valence-corrected chi connectivity index (χ2v) is 11.4. The largest absolute Gasteiger partial charge is 0.336 e. The summed E-state index contributed by atoms with van der Waals surface area (Å²) in [6, 6.07) is 13.1. The van der Waals surface area contributed by atoms with Gasteiger partial charge in [0.25, 0.3) is 5.56 Å². The van der Waals surface area contributed by atoms with Crippen molar-refractivity contribution in [2.75, 3.05) is 18.8 Å². The van der Waals surface area contributed by atoms with Crippen LogP contribution < -0.4 is 16.0 Å². The first kappa shape index (κ1) is 24.9. The number of imidazole rings is 1. The van der Waals surface area contributed by atoms with Crippen molar-refractivity contribution in [3.63, 3.8) is 0 Å². The van der Waals surface area contributed by atoms with Gasteiger partial charge in [0.1, 0.15) is 17.2 Å². The van der Waals surface area contributed by atoms with E-state index in [4.69, 9.17) is 0 Å². The average Bonchev–Trinajstić information content (AvgIpc) is 3.57. The first-order chi connectivity index (χ1) is 17.6. The lowest BCUT2D eigenvalue weighted by Crippen LogP contribution is -2.30. The van der Waals surface area contributed by atoms with Gasteiger partial charge in [0, 0.05) is 32.2 Å². The number of benzene rings is 2. The van der Waals surface area contributed by atoms with E-state index in [0.717, 1.165) is 22.7 Å². The molecule has 12 heteroatoms. The standard InChI is InChI=1S/C25H27FN6O4S/c1-31(2)37(35,36)30-18-11-9-16(10-12-18)19(13-17-5-3-4-6-20(17)26)22-27-21-23(28-22)32(14-15-7-8-15)25(34)29-24(21)33/h3-6,9-12,15,19,30H,7-8,13-14H2,1-2H3,(H,27,28)(H,29,33,34). The summed E-state index contributed by atoms with van der Waals surface area (Å²) >= 11 is 0. The molecule has 1 unspecified atom stereocenters. The Morgan fingerprint density at radius 2 is 1.81 bits per heavy atom. The minimum atomic E-state index is -3.68. The molecule has 5 rings (SSSR count). The van der Waals surface area contributed by atoms with Crippen molar-refractivity contribution < 1.29 is 12.8 Å². The molecule has 1 aliphatic rings. The predicted molar refractivity (Wildman–Crippen MR) is 138 cm³/mol. The van der Waals surface area contributed by atoms with Crippen LogP contribution in [0.3, 0.4) is 0 Å². The zero-order valence-corrected chi connectivity index (χ0v) is 21.2. The molecule has 2 heterocycles. The molecule has 0 amide bonds. The summed E-state index contributed by atoms with van der Waals surface area (Å²) in [6.45, 7) is 0.467. The number of nitrogens with one attached hydrogen (secondary N) is 3. The zero-order valence-electron chi connectivity index (χ0n) is 20.4. The molecule has 1 saturated carbocycles. The fraction of sp³-hybridized carbons (Fsp3) is 0.320. The SMILES string of the molecule is CN(C)S(=O)(=O)Nc1ccc(C(Cc2ccccc2F)c2nc3c([nH]2)c(=O)[nH]c(=O)n3CC2CC2)cc1. The highest BCUT2D eigenvalue weighted by Gasteiger charge is 2.26. The van der Waals surface area contributed by atoms with Crippen LogP contribution in [0.15, 0.2) is 58.1 Å². The Hall–Kier alpha value is -3.77. The Morgan fingerprint density at radius 1 is 1.11 bits per heavy atom. The van der Waals surface area contributed by atoms with Crippen LogP contribution in [-0.4, -0.2) is 46.3 Å². The lowest BCUT2D eigenvalue weighted by atomic mass is 9.91. The van der Waals surface area contributed by atoms with Gasteiger partial charge in [0.2, 0.25) is 0 Å². The molecule has 10 nitrogen and oxygen atoms in total. The number of anilines is 1. The summed E-state index contributed by atoms with van der Waals surface area (Å²) in [5.74, 6) is -0.102. The Kier molecular flexibility index (Phi) is 6.46. The van der Waals surface area contributed by atoms with Crippen LogP contribution in [0.4, 0.5) is 10.1 Å². The van der Waals surface area contributed by atoms with E-state index in [9.17, 15) is 22.4 Å². The second-order valence-electron chi connectivity index (χ2n) is 9.49. The molecule has 2 aromatic heterocycles. The maximum Gasteiger partial charge on any atom is 0.330 e. The lowest BCUT2D eigenvalue weighted by Gasteiger charge is -2.17. The summed E-state index contributed by atoms with van der Waals surface area (Å²) in [7, 11) is -0.834. The smallest absolute Gasteiger partial charge is 0.330 e. The fourth-order valence-electron chi connectivity index (χ4n) is 4.23. The first-order valence-corrected chi connectivity index (χ1v) is 13.3. The molecule has 3 N–H and O–H groups in total. The molecule has 194 valence electrons. The van der Waals surface area contributed by atoms with Crippen LogP contribution >= 0.6 is 0 Å². The predicted octanol–water partition coefficient (Wildman–Crippen LogP) is 2.55. The normalized spacial score (nSPS) is 14.8. The Morgan fingerprint density at radius 3 is 2.46 bits per heavy atom. The van der Waals surface area contributed by atoms with E-state index >= 15 is 0 Å². The number of nitrogens with zero attached hydrogens (tertiary/aromatic N) is 3. The highest BCUT2D eigenvalue weighted by Crippen LogP contribution is 2.32. The van der Waals surface area contributed by atoms with Gasteiger partial charge in [-0.3, -0.25) is 19.1 Å². The minimum Gasteiger partial charge on any atom is -0.336 e. The van der Waals surface area contributed by atoms with Gasteiger partial charge in [-0.05, 0) is 54.5 Å². The fourth-order valence-corrected chi connectivity index (χ4v) is 4.85. The molecular formula is C25H27FN6O4S. The molecule has 0 bridgehead atoms. The minimum absolute atomic E-state index is 0.184. The Bertz CT molecular complexity index is 1670. The number of H-pyrrole nitrogens is 2. The third-order valence-corrected chi connectivity index (χ3v) is 8.00. The molecular weight excluding hydrogens is 499 g/mol. The van der Waals surface area contributed by atoms with Crippen LogP contribution in [0, 0.1) is 11.7 Å². The van der Waals surface area contributed by atoms with E-state index in [1.165, 1.54) is 24.7 Å². The van der Waals surface area contributed by atoms with E-state index in [1.54, 1.807) is 42.5 Å². The van der Waals surface area contributed by atoms with Gasteiger partial charge < -0.3 is 4.98 Å². The van der Waals surface area contributed by atoms with Crippen LogP contribution in [0.25, 0.3) is 11.2 Å². The summed E-state index contributed by atoms with van der Waals surface area (Å²) in [5.41, 5.74) is 0.918. The monoisotopic (exact) mass is 526 g/mol. The number of hydrogen-bond acceptors (Lipinski definition) is 5. The molecule has 0 saturated heterocycles. The van der Waals surface area contributed by atoms with E-state index < -0.39 is 27.4 Å². The van der Waals surface area contributed by atoms with Crippen molar-refractivity contribution in [3.05, 3.63) is 92.1 Å². The molecule has 1 aliphatic carbocycles. The van der Waals surface area contributed by atoms with E-state index in [-0.39, 0.29) is 23.4 Å². The van der Waals surface area contributed by atoms with Crippen molar-refractivity contribution in [2.45, 2.75) is 31.7 Å². The summed E-state index contributed by atoms with van der Waals surface area (Å²) in [5, 5.41) is 0. The molecule has 2 aromatic carbocycles. The maximum absolute atomic E-state index is 14.6. The molecule has 37 heavy (non-hydrogen) atoms. The Labute approximate surface area is 212 Å². The summed E-state index contributed by atoms with van der Waals surface area (Å²) in [4.78, 5) is 35.2. The topological polar surface area (TPSA) is 133 Å². The molecule has 0 spiro atoms. The Balaban J connectivity index is 1.58. The molecule has 1 fully saturated rings. The highest BCUT2D eigenvalue weighted by molar-refractivity contribution is 7.90. The van der Waals surface area contributed by atoms with E-state index in [2.05, 4.69) is 19.7 Å². The van der Waals surface area contributed by atoms with Crippen molar-refractivity contribution >= 4 is 27.1 Å². The number of fused-ring (bicyclic) bond motifs is 1. The zero-order chi connectivity index (χ0) is 26.3. The number of rotatable bonds is 9. The molecule has 0 aliphatic heterocycles. The van der Waals surface area contributed by atoms with E-state index in [0.29, 0.717) is 29.5 Å². The summed E-state index contributed by atoms with van der Waals surface area (Å²) < 4.78 is 44.0. The van der Waals surface area contributed by atoms with Crippen LogP contribution in [-0.2, 0) is 23.2 Å². The highest BCUT2D eigenvalue weighted by atomic mass is 32.2.